The van der Waals surface area contributed by atoms with Gasteiger partial charge in [0.25, 0.3) is 0 Å². The van der Waals surface area contributed by atoms with E-state index in [1.165, 1.54) is 36.5 Å². The number of thiophene rings is 1. The topological polar surface area (TPSA) is 3.24 Å². The Morgan fingerprint density at radius 2 is 1.16 bits per heavy atom. The minimum Gasteiger partial charge on any atom is -0.310 e. The molecule has 7 rings (SSSR count). The van der Waals surface area contributed by atoms with Crippen molar-refractivity contribution in [2.24, 2.45) is 0 Å². The first-order chi connectivity index (χ1) is 18.3. The van der Waals surface area contributed by atoms with Gasteiger partial charge in [0.15, 0.2) is 0 Å². The first-order valence-electron chi connectivity index (χ1n) is 12.3. The Hall–Kier alpha value is -4.11. The summed E-state index contributed by atoms with van der Waals surface area (Å²) in [7, 11) is 0. The van der Waals surface area contributed by atoms with Gasteiger partial charge < -0.3 is 4.90 Å². The lowest BCUT2D eigenvalue weighted by atomic mass is 9.96. The lowest BCUT2D eigenvalue weighted by Gasteiger charge is -2.27. The van der Waals surface area contributed by atoms with Crippen molar-refractivity contribution in [2.75, 3.05) is 4.90 Å². The van der Waals surface area contributed by atoms with Crippen LogP contribution in [0.25, 0.3) is 42.1 Å². The third kappa shape index (κ3) is 3.86. The highest BCUT2D eigenvalue weighted by Gasteiger charge is 2.18. The average molecular weight is 512 g/mol. The Kier molecular flexibility index (Phi) is 5.43. The standard InChI is InChI=1S/C34H22ClNS/c35-24-16-14-23(15-17-24)27-19-20-32(29-11-5-4-10-28(27)29)36(25-8-2-1-3-9-25)26-18-21-34-31(22-26)30-12-6-7-13-33(30)37-34/h1-22H. The molecule has 176 valence electrons. The molecule has 0 saturated carbocycles. The Morgan fingerprint density at radius 1 is 0.486 bits per heavy atom. The Balaban J connectivity index is 1.48. The number of para-hydroxylation sites is 1. The maximum absolute atomic E-state index is 6.18. The van der Waals surface area contributed by atoms with Crippen LogP contribution in [0.1, 0.15) is 0 Å². The van der Waals surface area contributed by atoms with Crippen molar-refractivity contribution in [3.63, 3.8) is 0 Å². The molecule has 0 N–H and O–H groups in total. The summed E-state index contributed by atoms with van der Waals surface area (Å²) in [6.45, 7) is 0. The number of nitrogens with zero attached hydrogens (tertiary/aromatic N) is 1. The molecule has 3 heteroatoms. The smallest absolute Gasteiger partial charge is 0.0540 e. The summed E-state index contributed by atoms with van der Waals surface area (Å²) >= 11 is 8.03. The van der Waals surface area contributed by atoms with Crippen molar-refractivity contribution in [3.05, 3.63) is 138 Å². The Morgan fingerprint density at radius 3 is 1.97 bits per heavy atom. The predicted molar refractivity (Wildman–Crippen MR) is 162 cm³/mol. The SMILES string of the molecule is Clc1ccc(-c2ccc(N(c3ccccc3)c3ccc4sc5ccccc5c4c3)c3ccccc23)cc1. The molecule has 0 fully saturated rings. The molecule has 7 aromatic rings. The molecule has 1 heterocycles. The highest BCUT2D eigenvalue weighted by molar-refractivity contribution is 7.25. The molecular formula is C34H22ClNS. The average Bonchev–Trinajstić information content (AvgIpc) is 3.33. The molecule has 1 aromatic heterocycles. The third-order valence-corrected chi connectivity index (χ3v) is 8.33. The van der Waals surface area contributed by atoms with E-state index in [0.717, 1.165) is 27.6 Å². The molecule has 0 saturated heterocycles. The van der Waals surface area contributed by atoms with E-state index < -0.39 is 0 Å². The fourth-order valence-corrected chi connectivity index (χ4v) is 6.43. The molecule has 0 radical (unpaired) electrons. The lowest BCUT2D eigenvalue weighted by molar-refractivity contribution is 1.30. The van der Waals surface area contributed by atoms with Gasteiger partial charge in [-0.05, 0) is 71.1 Å². The summed E-state index contributed by atoms with van der Waals surface area (Å²) in [5.74, 6) is 0. The van der Waals surface area contributed by atoms with Gasteiger partial charge in [-0.1, -0.05) is 90.5 Å². The molecule has 0 atom stereocenters. The molecular weight excluding hydrogens is 490 g/mol. The van der Waals surface area contributed by atoms with E-state index >= 15 is 0 Å². The van der Waals surface area contributed by atoms with Gasteiger partial charge >= 0.3 is 0 Å². The van der Waals surface area contributed by atoms with E-state index in [9.17, 15) is 0 Å². The molecule has 0 aliphatic heterocycles. The number of fused-ring (bicyclic) bond motifs is 4. The number of halogens is 1. The lowest BCUT2D eigenvalue weighted by Crippen LogP contribution is -2.10. The van der Waals surface area contributed by atoms with E-state index in [2.05, 4.69) is 126 Å². The molecule has 0 spiro atoms. The second-order valence-electron chi connectivity index (χ2n) is 9.13. The zero-order chi connectivity index (χ0) is 24.8. The maximum atomic E-state index is 6.18. The molecule has 0 bridgehead atoms. The maximum Gasteiger partial charge on any atom is 0.0540 e. The number of rotatable bonds is 4. The van der Waals surface area contributed by atoms with E-state index in [0.29, 0.717) is 0 Å². The van der Waals surface area contributed by atoms with Gasteiger partial charge in [0.1, 0.15) is 0 Å². The van der Waals surface area contributed by atoms with E-state index in [1.54, 1.807) is 0 Å². The van der Waals surface area contributed by atoms with E-state index in [-0.39, 0.29) is 0 Å². The summed E-state index contributed by atoms with van der Waals surface area (Å²) in [6, 6.07) is 47.4. The fraction of sp³-hybridized carbons (Fsp3) is 0. The van der Waals surface area contributed by atoms with Crippen molar-refractivity contribution >= 4 is 70.9 Å². The first kappa shape index (κ1) is 22.1. The van der Waals surface area contributed by atoms with Crippen LogP contribution in [-0.4, -0.2) is 0 Å². The van der Waals surface area contributed by atoms with Crippen LogP contribution in [-0.2, 0) is 0 Å². The monoisotopic (exact) mass is 511 g/mol. The van der Waals surface area contributed by atoms with Crippen LogP contribution in [0.15, 0.2) is 133 Å². The van der Waals surface area contributed by atoms with Crippen molar-refractivity contribution in [1.82, 2.24) is 0 Å². The van der Waals surface area contributed by atoms with Gasteiger partial charge in [0.05, 0.1) is 5.69 Å². The van der Waals surface area contributed by atoms with Crippen LogP contribution >= 0.6 is 22.9 Å². The summed E-state index contributed by atoms with van der Waals surface area (Å²) in [6.07, 6.45) is 0. The molecule has 37 heavy (non-hydrogen) atoms. The van der Waals surface area contributed by atoms with Crippen LogP contribution in [0.2, 0.25) is 5.02 Å². The van der Waals surface area contributed by atoms with Gasteiger partial charge in [0, 0.05) is 42.0 Å². The third-order valence-electron chi connectivity index (χ3n) is 6.93. The minimum absolute atomic E-state index is 0.747. The second kappa shape index (κ2) is 9.08. The fourth-order valence-electron chi connectivity index (χ4n) is 5.22. The molecule has 0 aliphatic carbocycles. The summed E-state index contributed by atoms with van der Waals surface area (Å²) in [5, 5.41) is 5.76. The summed E-state index contributed by atoms with van der Waals surface area (Å²) < 4.78 is 2.62. The number of hydrogen-bond donors (Lipinski definition) is 0. The first-order valence-corrected chi connectivity index (χ1v) is 13.5. The zero-order valence-electron chi connectivity index (χ0n) is 19.9. The van der Waals surface area contributed by atoms with E-state index in [4.69, 9.17) is 11.6 Å². The molecule has 0 unspecified atom stereocenters. The van der Waals surface area contributed by atoms with Crippen LogP contribution in [0.5, 0.6) is 0 Å². The van der Waals surface area contributed by atoms with Crippen LogP contribution in [0.4, 0.5) is 17.1 Å². The van der Waals surface area contributed by atoms with Gasteiger partial charge in [0.2, 0.25) is 0 Å². The van der Waals surface area contributed by atoms with Crippen LogP contribution in [0, 0.1) is 0 Å². The predicted octanol–water partition coefficient (Wildman–Crippen LogP) is 11.0. The summed E-state index contributed by atoms with van der Waals surface area (Å²) in [5.41, 5.74) is 5.78. The van der Waals surface area contributed by atoms with Gasteiger partial charge in [-0.2, -0.15) is 0 Å². The van der Waals surface area contributed by atoms with Gasteiger partial charge in [-0.3, -0.25) is 0 Å². The largest absolute Gasteiger partial charge is 0.310 e. The van der Waals surface area contributed by atoms with Gasteiger partial charge in [-0.25, -0.2) is 0 Å². The Labute approximate surface area is 224 Å². The molecule has 1 nitrogen and oxygen atoms in total. The van der Waals surface area contributed by atoms with Crippen LogP contribution < -0.4 is 4.90 Å². The number of hydrogen-bond acceptors (Lipinski definition) is 2. The van der Waals surface area contributed by atoms with Crippen molar-refractivity contribution in [1.29, 1.82) is 0 Å². The van der Waals surface area contributed by atoms with Crippen molar-refractivity contribution in [3.8, 4) is 11.1 Å². The minimum atomic E-state index is 0.747. The van der Waals surface area contributed by atoms with Gasteiger partial charge in [-0.15, -0.1) is 11.3 Å². The molecule has 6 aromatic carbocycles. The number of benzene rings is 6. The highest BCUT2D eigenvalue weighted by Crippen LogP contribution is 2.44. The normalized spacial score (nSPS) is 11.4. The van der Waals surface area contributed by atoms with Crippen molar-refractivity contribution in [2.45, 2.75) is 0 Å². The number of anilines is 3. The zero-order valence-corrected chi connectivity index (χ0v) is 21.5. The Bertz CT molecular complexity index is 1890. The van der Waals surface area contributed by atoms with E-state index in [1.807, 2.05) is 23.5 Å². The highest BCUT2D eigenvalue weighted by atomic mass is 35.5. The molecule has 0 amide bonds. The molecule has 0 aliphatic rings. The summed E-state index contributed by atoms with van der Waals surface area (Å²) in [4.78, 5) is 2.37. The second-order valence-corrected chi connectivity index (χ2v) is 10.7. The van der Waals surface area contributed by atoms with Crippen LogP contribution in [0.3, 0.4) is 0 Å². The quantitative estimate of drug-likeness (QED) is 0.227. The van der Waals surface area contributed by atoms with Crippen molar-refractivity contribution < 1.29 is 0 Å².